The third-order valence-electron chi connectivity index (χ3n) is 2.70. The molecular formula is C13H20N2O5S. The van der Waals surface area contributed by atoms with Crippen molar-refractivity contribution in [1.29, 1.82) is 0 Å². The maximum atomic E-state index is 12.1. The molecule has 0 aliphatic carbocycles. The second-order valence-electron chi connectivity index (χ2n) is 4.42. The number of anilines is 1. The highest BCUT2D eigenvalue weighted by Crippen LogP contribution is 2.18. The van der Waals surface area contributed by atoms with E-state index in [1.54, 1.807) is 0 Å². The van der Waals surface area contributed by atoms with Crippen LogP contribution in [0.2, 0.25) is 0 Å². The number of unbranched alkanes of at least 4 members (excludes halogenated alkanes) is 1. The highest BCUT2D eigenvalue weighted by atomic mass is 32.2. The van der Waals surface area contributed by atoms with Crippen LogP contribution in [0, 0.1) is 0 Å². The van der Waals surface area contributed by atoms with Crippen LogP contribution in [0.4, 0.5) is 5.69 Å². The van der Waals surface area contributed by atoms with Gasteiger partial charge >= 0.3 is 5.97 Å². The predicted octanol–water partition coefficient (Wildman–Crippen LogP) is 1.06. The lowest BCUT2D eigenvalue weighted by Crippen LogP contribution is -2.29. The Morgan fingerprint density at radius 3 is 2.71 bits per heavy atom. The van der Waals surface area contributed by atoms with Crippen molar-refractivity contribution < 1.29 is 23.1 Å². The Morgan fingerprint density at radius 2 is 2.10 bits per heavy atom. The number of carbonyl (C=O) groups is 1. The number of hydrogen-bond donors (Lipinski definition) is 3. The first-order valence-corrected chi connectivity index (χ1v) is 8.07. The fourth-order valence-corrected chi connectivity index (χ4v) is 2.81. The Labute approximate surface area is 124 Å². The molecule has 1 aromatic carbocycles. The largest absolute Gasteiger partial charge is 0.478 e. The topological polar surface area (TPSA) is 119 Å². The molecule has 1 aromatic rings. The molecule has 0 unspecified atom stereocenters. The smallest absolute Gasteiger partial charge is 0.337 e. The SMILES string of the molecule is CCCCOCCNS(=O)(=O)c1ccc(N)cc1C(=O)O. The molecule has 0 aliphatic heterocycles. The number of sulfonamides is 1. The summed E-state index contributed by atoms with van der Waals surface area (Å²) >= 11 is 0. The van der Waals surface area contributed by atoms with Crippen molar-refractivity contribution in [3.63, 3.8) is 0 Å². The zero-order valence-corrected chi connectivity index (χ0v) is 12.6. The van der Waals surface area contributed by atoms with E-state index in [2.05, 4.69) is 4.72 Å². The van der Waals surface area contributed by atoms with E-state index in [9.17, 15) is 13.2 Å². The number of benzene rings is 1. The normalized spacial score (nSPS) is 11.5. The summed E-state index contributed by atoms with van der Waals surface area (Å²) in [7, 11) is -3.91. The van der Waals surface area contributed by atoms with Crippen LogP contribution in [0.5, 0.6) is 0 Å². The molecule has 0 aliphatic rings. The van der Waals surface area contributed by atoms with Crippen LogP contribution in [-0.4, -0.2) is 39.3 Å². The zero-order chi connectivity index (χ0) is 15.9. The summed E-state index contributed by atoms with van der Waals surface area (Å²) in [6, 6.07) is 3.65. The van der Waals surface area contributed by atoms with Crippen LogP contribution in [0.1, 0.15) is 30.1 Å². The van der Waals surface area contributed by atoms with Crippen molar-refractivity contribution in [2.24, 2.45) is 0 Å². The van der Waals surface area contributed by atoms with Gasteiger partial charge in [-0.05, 0) is 24.6 Å². The Hall–Kier alpha value is -1.64. The minimum Gasteiger partial charge on any atom is -0.478 e. The number of nitrogens with two attached hydrogens (primary N) is 1. The number of nitrogens with one attached hydrogen (secondary N) is 1. The van der Waals surface area contributed by atoms with E-state index < -0.39 is 16.0 Å². The van der Waals surface area contributed by atoms with Crippen LogP contribution in [0.25, 0.3) is 0 Å². The lowest BCUT2D eigenvalue weighted by atomic mass is 10.2. The van der Waals surface area contributed by atoms with Gasteiger partial charge in [0.1, 0.15) is 0 Å². The summed E-state index contributed by atoms with van der Waals surface area (Å²) in [4.78, 5) is 10.8. The van der Waals surface area contributed by atoms with E-state index in [1.165, 1.54) is 12.1 Å². The monoisotopic (exact) mass is 316 g/mol. The first-order valence-electron chi connectivity index (χ1n) is 6.58. The van der Waals surface area contributed by atoms with E-state index in [0.717, 1.165) is 18.9 Å². The van der Waals surface area contributed by atoms with Crippen LogP contribution in [0.15, 0.2) is 23.1 Å². The molecule has 0 radical (unpaired) electrons. The highest BCUT2D eigenvalue weighted by molar-refractivity contribution is 7.89. The van der Waals surface area contributed by atoms with Gasteiger partial charge in [0.15, 0.2) is 0 Å². The zero-order valence-electron chi connectivity index (χ0n) is 11.8. The van der Waals surface area contributed by atoms with Crippen LogP contribution >= 0.6 is 0 Å². The third-order valence-corrected chi connectivity index (χ3v) is 4.22. The van der Waals surface area contributed by atoms with Gasteiger partial charge in [0.2, 0.25) is 10.0 Å². The average Bonchev–Trinajstić information content (AvgIpc) is 2.42. The van der Waals surface area contributed by atoms with Gasteiger partial charge in [0.25, 0.3) is 0 Å². The van der Waals surface area contributed by atoms with Gasteiger partial charge in [-0.2, -0.15) is 0 Å². The molecule has 118 valence electrons. The Morgan fingerprint density at radius 1 is 1.38 bits per heavy atom. The van der Waals surface area contributed by atoms with E-state index >= 15 is 0 Å². The maximum absolute atomic E-state index is 12.1. The average molecular weight is 316 g/mol. The van der Waals surface area contributed by atoms with Crippen molar-refractivity contribution in [3.8, 4) is 0 Å². The van der Waals surface area contributed by atoms with Gasteiger partial charge in [0.05, 0.1) is 17.1 Å². The summed E-state index contributed by atoms with van der Waals surface area (Å²) in [5.74, 6) is -1.35. The molecule has 4 N–H and O–H groups in total. The second kappa shape index (κ2) is 7.96. The third kappa shape index (κ3) is 5.33. The minimum absolute atomic E-state index is 0.0789. The van der Waals surface area contributed by atoms with E-state index in [-0.39, 0.29) is 29.3 Å². The van der Waals surface area contributed by atoms with Crippen molar-refractivity contribution in [1.82, 2.24) is 4.72 Å². The summed E-state index contributed by atoms with van der Waals surface area (Å²) in [5, 5.41) is 9.05. The molecule has 0 atom stereocenters. The fraction of sp³-hybridized carbons (Fsp3) is 0.462. The van der Waals surface area contributed by atoms with Crippen LogP contribution in [0.3, 0.4) is 0 Å². The molecule has 0 bridgehead atoms. The molecule has 0 saturated heterocycles. The quantitative estimate of drug-likeness (QED) is 0.463. The van der Waals surface area contributed by atoms with Gasteiger partial charge in [0, 0.05) is 18.8 Å². The molecule has 21 heavy (non-hydrogen) atoms. The highest BCUT2D eigenvalue weighted by Gasteiger charge is 2.22. The number of carboxylic acids is 1. The van der Waals surface area contributed by atoms with E-state index in [1.807, 2.05) is 6.92 Å². The Balaban J connectivity index is 2.72. The van der Waals surface area contributed by atoms with Gasteiger partial charge in [-0.25, -0.2) is 17.9 Å². The van der Waals surface area contributed by atoms with Crippen molar-refractivity contribution in [2.75, 3.05) is 25.5 Å². The molecule has 0 aromatic heterocycles. The molecular weight excluding hydrogens is 296 g/mol. The van der Waals surface area contributed by atoms with E-state index in [0.29, 0.717) is 6.61 Å². The Kier molecular flexibility index (Phi) is 6.60. The van der Waals surface area contributed by atoms with Gasteiger partial charge in [-0.15, -0.1) is 0 Å². The summed E-state index contributed by atoms with van der Waals surface area (Å²) < 4.78 is 31.7. The van der Waals surface area contributed by atoms with Gasteiger partial charge < -0.3 is 15.6 Å². The van der Waals surface area contributed by atoms with Gasteiger partial charge in [-0.3, -0.25) is 0 Å². The Bertz CT molecular complexity index is 586. The fourth-order valence-electron chi connectivity index (χ4n) is 1.62. The van der Waals surface area contributed by atoms with Crippen molar-refractivity contribution in [3.05, 3.63) is 23.8 Å². The number of carboxylic acid groups (broad SMARTS) is 1. The standard InChI is InChI=1S/C13H20N2O5S/c1-2-3-7-20-8-6-15-21(18,19)12-5-4-10(14)9-11(12)13(16)17/h4-5,9,15H,2-3,6-8,14H2,1H3,(H,16,17). The number of nitrogen functional groups attached to an aromatic ring is 1. The molecule has 0 heterocycles. The summed E-state index contributed by atoms with van der Waals surface area (Å²) in [5.41, 5.74) is 5.31. The first kappa shape index (κ1) is 17.4. The van der Waals surface area contributed by atoms with E-state index in [4.69, 9.17) is 15.6 Å². The van der Waals surface area contributed by atoms with Crippen molar-refractivity contribution in [2.45, 2.75) is 24.7 Å². The van der Waals surface area contributed by atoms with Gasteiger partial charge in [-0.1, -0.05) is 13.3 Å². The molecule has 1 rings (SSSR count). The number of hydrogen-bond acceptors (Lipinski definition) is 5. The molecule has 7 nitrogen and oxygen atoms in total. The lowest BCUT2D eigenvalue weighted by Gasteiger charge is -2.10. The second-order valence-corrected chi connectivity index (χ2v) is 6.16. The number of ether oxygens (including phenoxy) is 1. The number of aromatic carboxylic acids is 1. The van der Waals surface area contributed by atoms with Crippen LogP contribution < -0.4 is 10.5 Å². The minimum atomic E-state index is -3.91. The predicted molar refractivity (Wildman–Crippen MR) is 78.7 cm³/mol. The molecule has 0 spiro atoms. The summed E-state index contributed by atoms with van der Waals surface area (Å²) in [6.45, 7) is 2.91. The molecule has 0 amide bonds. The lowest BCUT2D eigenvalue weighted by molar-refractivity contribution is 0.0692. The maximum Gasteiger partial charge on any atom is 0.337 e. The van der Waals surface area contributed by atoms with Crippen molar-refractivity contribution >= 4 is 21.7 Å². The first-order chi connectivity index (χ1) is 9.88. The van der Waals surface area contributed by atoms with Crippen LogP contribution in [-0.2, 0) is 14.8 Å². The molecule has 0 saturated carbocycles. The molecule has 0 fully saturated rings. The number of rotatable bonds is 9. The molecule has 8 heteroatoms. The summed E-state index contributed by atoms with van der Waals surface area (Å²) in [6.07, 6.45) is 1.91.